The molecule has 0 fully saturated rings. The van der Waals surface area contributed by atoms with E-state index in [1.165, 1.54) is 34.4 Å². The van der Waals surface area contributed by atoms with E-state index in [4.69, 9.17) is 5.14 Å². The lowest BCUT2D eigenvalue weighted by molar-refractivity contribution is -0.121. The summed E-state index contributed by atoms with van der Waals surface area (Å²) in [6.07, 6.45) is 1.97. The van der Waals surface area contributed by atoms with Gasteiger partial charge in [-0.05, 0) is 58.7 Å². The minimum Gasteiger partial charge on any atom is -0.356 e. The van der Waals surface area contributed by atoms with Gasteiger partial charge in [0.25, 0.3) is 0 Å². The highest BCUT2D eigenvalue weighted by Crippen LogP contribution is 2.55. The zero-order valence-electron chi connectivity index (χ0n) is 17.7. The lowest BCUT2D eigenvalue weighted by atomic mass is 9.59. The molecule has 3 aromatic carbocycles. The first-order valence-corrected chi connectivity index (χ1v) is 12.5. The lowest BCUT2D eigenvalue weighted by Gasteiger charge is -2.45. The van der Waals surface area contributed by atoms with E-state index in [0.717, 1.165) is 12.0 Å². The average Bonchev–Trinajstić information content (AvgIpc) is 2.81. The second-order valence-electron chi connectivity index (χ2n) is 8.78. The summed E-state index contributed by atoms with van der Waals surface area (Å²) >= 11 is 0. The predicted molar refractivity (Wildman–Crippen MR) is 124 cm³/mol. The molecule has 0 heterocycles. The molecule has 3 aliphatic rings. The van der Waals surface area contributed by atoms with Crippen LogP contribution in [0.4, 0.5) is 0 Å². The fourth-order valence-corrected chi connectivity index (χ4v) is 5.91. The number of carbonyl (C=O) groups excluding carboxylic acids is 1. The number of sulfonamides is 1. The standard InChI is InChI=1S/C26H26N2O3S/c27-32(30,31)19-12-9-17(10-13-19)11-14-25(29)28-16-18-15-24-20-5-1-3-7-22(20)26(18)23-8-4-2-6-21(23)24/h1-10,12-13,18,24,26H,11,14-16H2,(H,28,29)(H2,27,30,31)/t18-,24?,26?/m1/s1. The monoisotopic (exact) mass is 446 g/mol. The molecule has 3 aliphatic carbocycles. The zero-order valence-corrected chi connectivity index (χ0v) is 18.5. The van der Waals surface area contributed by atoms with E-state index in [9.17, 15) is 13.2 Å². The number of fused-ring (bicyclic) bond motifs is 1. The molecule has 0 aliphatic heterocycles. The molecule has 1 atom stereocenters. The van der Waals surface area contributed by atoms with Gasteiger partial charge in [-0.1, -0.05) is 60.7 Å². The smallest absolute Gasteiger partial charge is 0.238 e. The first-order valence-electron chi connectivity index (χ1n) is 11.0. The molecule has 6 rings (SSSR count). The molecule has 6 heteroatoms. The fraction of sp³-hybridized carbons (Fsp3) is 0.269. The number of amides is 1. The number of hydrogen-bond donors (Lipinski definition) is 2. The van der Waals surface area contributed by atoms with E-state index < -0.39 is 10.0 Å². The molecule has 0 aromatic heterocycles. The van der Waals surface area contributed by atoms with Crippen LogP contribution in [0.15, 0.2) is 77.7 Å². The van der Waals surface area contributed by atoms with Crippen LogP contribution in [-0.2, 0) is 21.2 Å². The number of nitrogens with two attached hydrogens (primary N) is 1. The number of aryl methyl sites for hydroxylation is 1. The van der Waals surface area contributed by atoms with Gasteiger partial charge in [0.05, 0.1) is 4.90 Å². The van der Waals surface area contributed by atoms with Crippen molar-refractivity contribution in [2.75, 3.05) is 6.54 Å². The molecule has 32 heavy (non-hydrogen) atoms. The molecule has 0 unspecified atom stereocenters. The summed E-state index contributed by atoms with van der Waals surface area (Å²) in [5, 5.41) is 8.28. The van der Waals surface area contributed by atoms with Gasteiger partial charge in [-0.2, -0.15) is 0 Å². The third-order valence-corrected chi connectivity index (χ3v) is 7.81. The van der Waals surface area contributed by atoms with E-state index in [0.29, 0.717) is 37.1 Å². The average molecular weight is 447 g/mol. The maximum absolute atomic E-state index is 12.6. The van der Waals surface area contributed by atoms with E-state index in [1.54, 1.807) is 12.1 Å². The van der Waals surface area contributed by atoms with Gasteiger partial charge in [-0.3, -0.25) is 4.79 Å². The number of rotatable bonds is 6. The minimum absolute atomic E-state index is 0.0172. The molecular formula is C26H26N2O3S. The van der Waals surface area contributed by atoms with E-state index in [-0.39, 0.29) is 10.8 Å². The van der Waals surface area contributed by atoms with Crippen molar-refractivity contribution in [2.24, 2.45) is 11.1 Å². The third kappa shape index (κ3) is 3.85. The van der Waals surface area contributed by atoms with Crippen molar-refractivity contribution >= 4 is 15.9 Å². The number of nitrogens with one attached hydrogen (secondary N) is 1. The Labute approximate surface area is 188 Å². The maximum atomic E-state index is 12.6. The molecule has 0 saturated heterocycles. The Hall–Kier alpha value is -2.96. The van der Waals surface area contributed by atoms with Crippen LogP contribution in [0.1, 0.15) is 52.5 Å². The summed E-state index contributed by atoms with van der Waals surface area (Å²) < 4.78 is 22.7. The van der Waals surface area contributed by atoms with Crippen LogP contribution in [0.2, 0.25) is 0 Å². The van der Waals surface area contributed by atoms with Crippen molar-refractivity contribution in [2.45, 2.75) is 36.0 Å². The predicted octanol–water partition coefficient (Wildman–Crippen LogP) is 3.68. The number of benzene rings is 3. The summed E-state index contributed by atoms with van der Waals surface area (Å²) in [6.45, 7) is 0.660. The summed E-state index contributed by atoms with van der Waals surface area (Å²) in [5.41, 5.74) is 6.57. The van der Waals surface area contributed by atoms with Crippen LogP contribution in [-0.4, -0.2) is 20.9 Å². The largest absolute Gasteiger partial charge is 0.356 e. The van der Waals surface area contributed by atoms with E-state index in [1.807, 2.05) is 0 Å². The van der Waals surface area contributed by atoms with Gasteiger partial charge < -0.3 is 5.32 Å². The second kappa shape index (κ2) is 8.19. The van der Waals surface area contributed by atoms with Crippen molar-refractivity contribution in [3.8, 4) is 0 Å². The Morgan fingerprint density at radius 3 is 2.00 bits per heavy atom. The molecule has 2 bridgehead atoms. The fourth-order valence-electron chi connectivity index (χ4n) is 5.40. The minimum atomic E-state index is -3.70. The van der Waals surface area contributed by atoms with Crippen LogP contribution < -0.4 is 10.5 Å². The van der Waals surface area contributed by atoms with Gasteiger partial charge in [0.15, 0.2) is 0 Å². The summed E-state index contributed by atoms with van der Waals surface area (Å²) in [5.74, 6) is 1.11. The van der Waals surface area contributed by atoms with Gasteiger partial charge in [0.1, 0.15) is 0 Å². The first kappa shape index (κ1) is 20.9. The Morgan fingerprint density at radius 1 is 0.875 bits per heavy atom. The Bertz CT molecular complexity index is 1220. The van der Waals surface area contributed by atoms with Gasteiger partial charge in [0, 0.05) is 24.8 Å². The normalized spacial score (nSPS) is 21.0. The van der Waals surface area contributed by atoms with E-state index in [2.05, 4.69) is 53.8 Å². The van der Waals surface area contributed by atoms with Crippen LogP contribution in [0, 0.1) is 5.92 Å². The third-order valence-electron chi connectivity index (χ3n) is 6.88. The number of carbonyl (C=O) groups is 1. The molecule has 1 amide bonds. The second-order valence-corrected chi connectivity index (χ2v) is 10.3. The molecule has 0 radical (unpaired) electrons. The number of hydrogen-bond acceptors (Lipinski definition) is 3. The molecular weight excluding hydrogens is 420 g/mol. The molecule has 5 nitrogen and oxygen atoms in total. The van der Waals surface area contributed by atoms with Gasteiger partial charge in [-0.25, -0.2) is 13.6 Å². The summed E-state index contributed by atoms with van der Waals surface area (Å²) in [7, 11) is -3.70. The van der Waals surface area contributed by atoms with Crippen LogP contribution in [0.5, 0.6) is 0 Å². The highest BCUT2D eigenvalue weighted by atomic mass is 32.2. The van der Waals surface area contributed by atoms with Gasteiger partial charge in [0.2, 0.25) is 15.9 Å². The SMILES string of the molecule is NS(=O)(=O)c1ccc(CCC(=O)NC[C@H]2CC3c4ccccc4C2c2ccccc23)cc1. The van der Waals surface area contributed by atoms with Crippen molar-refractivity contribution in [3.63, 3.8) is 0 Å². The zero-order chi connectivity index (χ0) is 22.3. The van der Waals surface area contributed by atoms with Crippen molar-refractivity contribution in [3.05, 3.63) is 101 Å². The molecule has 3 N–H and O–H groups in total. The molecule has 0 saturated carbocycles. The Morgan fingerprint density at radius 2 is 1.44 bits per heavy atom. The van der Waals surface area contributed by atoms with Crippen LogP contribution >= 0.6 is 0 Å². The molecule has 3 aromatic rings. The van der Waals surface area contributed by atoms with Gasteiger partial charge in [-0.15, -0.1) is 0 Å². The lowest BCUT2D eigenvalue weighted by Crippen LogP contribution is -2.39. The Kier molecular flexibility index (Phi) is 5.35. The van der Waals surface area contributed by atoms with Gasteiger partial charge >= 0.3 is 0 Å². The highest BCUT2D eigenvalue weighted by Gasteiger charge is 2.42. The number of primary sulfonamides is 1. The molecule has 0 spiro atoms. The molecule has 164 valence electrons. The maximum Gasteiger partial charge on any atom is 0.238 e. The van der Waals surface area contributed by atoms with Crippen molar-refractivity contribution < 1.29 is 13.2 Å². The van der Waals surface area contributed by atoms with Crippen molar-refractivity contribution in [1.29, 1.82) is 0 Å². The highest BCUT2D eigenvalue weighted by molar-refractivity contribution is 7.89. The van der Waals surface area contributed by atoms with Crippen LogP contribution in [0.3, 0.4) is 0 Å². The van der Waals surface area contributed by atoms with Crippen molar-refractivity contribution in [1.82, 2.24) is 5.32 Å². The quantitative estimate of drug-likeness (QED) is 0.605. The summed E-state index contributed by atoms with van der Waals surface area (Å²) in [4.78, 5) is 12.6. The van der Waals surface area contributed by atoms with E-state index >= 15 is 0 Å². The first-order chi connectivity index (χ1) is 15.4. The summed E-state index contributed by atoms with van der Waals surface area (Å²) in [6, 6.07) is 23.8. The van der Waals surface area contributed by atoms with Crippen LogP contribution in [0.25, 0.3) is 0 Å². The topological polar surface area (TPSA) is 89.3 Å². The Balaban J connectivity index is 1.24.